The zero-order chi connectivity index (χ0) is 17.2. The Morgan fingerprint density at radius 1 is 1.08 bits per heavy atom. The van der Waals surface area contributed by atoms with E-state index in [1.54, 1.807) is 35.8 Å². The van der Waals surface area contributed by atoms with Crippen LogP contribution < -0.4 is 4.90 Å². The van der Waals surface area contributed by atoms with Crippen LogP contribution in [0.1, 0.15) is 31.7 Å². The van der Waals surface area contributed by atoms with E-state index in [0.717, 1.165) is 38.8 Å². The lowest BCUT2D eigenvalue weighted by Gasteiger charge is -2.41. The van der Waals surface area contributed by atoms with E-state index in [0.29, 0.717) is 18.3 Å². The van der Waals surface area contributed by atoms with Gasteiger partial charge in [-0.05, 0) is 37.8 Å². The number of benzene rings is 1. The molecule has 2 aromatic rings. The lowest BCUT2D eigenvalue weighted by Crippen LogP contribution is -2.54. The lowest BCUT2D eigenvalue weighted by molar-refractivity contribution is -0.126. The first kappa shape index (κ1) is 16.2. The molecule has 0 aliphatic carbocycles. The molecule has 2 aliphatic heterocycles. The fraction of sp³-hybridized carbons (Fsp3) is 0.500. The summed E-state index contributed by atoms with van der Waals surface area (Å²) in [6.07, 6.45) is 6.96. The first-order chi connectivity index (χ1) is 12.2. The summed E-state index contributed by atoms with van der Waals surface area (Å²) in [4.78, 5) is 20.9. The van der Waals surface area contributed by atoms with E-state index in [9.17, 15) is 9.18 Å². The highest BCUT2D eigenvalue weighted by atomic mass is 19.1. The number of halogens is 1. The number of anilines is 1. The minimum absolute atomic E-state index is 0.0237. The van der Waals surface area contributed by atoms with E-state index in [4.69, 9.17) is 0 Å². The normalized spacial score (nSPS) is 23.2. The van der Waals surface area contributed by atoms with Crippen LogP contribution in [0.5, 0.6) is 0 Å². The van der Waals surface area contributed by atoms with Gasteiger partial charge >= 0.3 is 0 Å². The SMILES string of the molecule is O=C1C(N2CCC(n3cncn3)CC2)CCCN1c1ccccc1F. The summed E-state index contributed by atoms with van der Waals surface area (Å²) in [5.74, 6) is -0.308. The zero-order valence-electron chi connectivity index (χ0n) is 14.1. The highest BCUT2D eigenvalue weighted by molar-refractivity contribution is 5.98. The number of nitrogens with zero attached hydrogens (tertiary/aromatic N) is 5. The van der Waals surface area contributed by atoms with Gasteiger partial charge in [-0.3, -0.25) is 9.69 Å². The van der Waals surface area contributed by atoms with Crippen molar-refractivity contribution in [3.05, 3.63) is 42.7 Å². The summed E-state index contributed by atoms with van der Waals surface area (Å²) in [7, 11) is 0. The zero-order valence-corrected chi connectivity index (χ0v) is 14.1. The van der Waals surface area contributed by atoms with Crippen molar-refractivity contribution in [3.63, 3.8) is 0 Å². The van der Waals surface area contributed by atoms with Crippen LogP contribution in [0.2, 0.25) is 0 Å². The van der Waals surface area contributed by atoms with Crippen LogP contribution in [0, 0.1) is 5.82 Å². The van der Waals surface area contributed by atoms with Crippen LogP contribution >= 0.6 is 0 Å². The van der Waals surface area contributed by atoms with E-state index < -0.39 is 0 Å². The van der Waals surface area contributed by atoms with Gasteiger partial charge in [-0.1, -0.05) is 12.1 Å². The molecule has 132 valence electrons. The monoisotopic (exact) mass is 343 g/mol. The molecule has 2 aliphatic rings. The highest BCUT2D eigenvalue weighted by Crippen LogP contribution is 2.29. The van der Waals surface area contributed by atoms with Gasteiger partial charge in [0, 0.05) is 19.6 Å². The van der Waals surface area contributed by atoms with Gasteiger partial charge in [0.05, 0.1) is 17.8 Å². The molecule has 1 atom stereocenters. The summed E-state index contributed by atoms with van der Waals surface area (Å²) in [5, 5.41) is 4.22. The van der Waals surface area contributed by atoms with Gasteiger partial charge in [-0.15, -0.1) is 0 Å². The average molecular weight is 343 g/mol. The minimum Gasteiger partial charge on any atom is -0.308 e. The van der Waals surface area contributed by atoms with E-state index in [1.807, 2.05) is 4.68 Å². The number of aromatic nitrogens is 3. The van der Waals surface area contributed by atoms with Crippen molar-refractivity contribution in [1.82, 2.24) is 19.7 Å². The van der Waals surface area contributed by atoms with Gasteiger partial charge < -0.3 is 4.90 Å². The second kappa shape index (κ2) is 6.92. The molecular weight excluding hydrogens is 321 g/mol. The van der Waals surface area contributed by atoms with Gasteiger partial charge in [0.1, 0.15) is 18.5 Å². The average Bonchev–Trinajstić information content (AvgIpc) is 3.18. The van der Waals surface area contributed by atoms with E-state index in [1.165, 1.54) is 6.07 Å². The van der Waals surface area contributed by atoms with Gasteiger partial charge in [0.15, 0.2) is 0 Å². The first-order valence-electron chi connectivity index (χ1n) is 8.88. The minimum atomic E-state index is -0.332. The molecule has 0 bridgehead atoms. The van der Waals surface area contributed by atoms with Crippen molar-refractivity contribution in [1.29, 1.82) is 0 Å². The molecule has 25 heavy (non-hydrogen) atoms. The van der Waals surface area contributed by atoms with E-state index in [2.05, 4.69) is 15.0 Å². The van der Waals surface area contributed by atoms with E-state index >= 15 is 0 Å². The molecule has 4 rings (SSSR count). The molecule has 1 aromatic heterocycles. The number of para-hydroxylation sites is 1. The van der Waals surface area contributed by atoms with Crippen molar-refractivity contribution in [3.8, 4) is 0 Å². The molecule has 7 heteroatoms. The highest BCUT2D eigenvalue weighted by Gasteiger charge is 2.36. The second-order valence-electron chi connectivity index (χ2n) is 6.74. The smallest absolute Gasteiger partial charge is 0.244 e. The number of carbonyl (C=O) groups is 1. The summed E-state index contributed by atoms with van der Waals surface area (Å²) in [6.45, 7) is 2.30. The van der Waals surface area contributed by atoms with Crippen molar-refractivity contribution in [2.24, 2.45) is 0 Å². The molecule has 1 aromatic carbocycles. The Bertz CT molecular complexity index is 727. The number of carbonyl (C=O) groups excluding carboxylic acids is 1. The quantitative estimate of drug-likeness (QED) is 0.858. The number of likely N-dealkylation sites (tertiary alicyclic amines) is 1. The van der Waals surface area contributed by atoms with Gasteiger partial charge in [-0.2, -0.15) is 5.10 Å². The van der Waals surface area contributed by atoms with Crippen LogP contribution in [0.4, 0.5) is 10.1 Å². The van der Waals surface area contributed by atoms with Crippen LogP contribution in [0.25, 0.3) is 0 Å². The van der Waals surface area contributed by atoms with E-state index in [-0.39, 0.29) is 17.8 Å². The standard InChI is InChI=1S/C18H22FN5O/c19-15-4-1-2-5-16(15)23-9-3-6-17(18(23)25)22-10-7-14(8-11-22)24-13-20-12-21-24/h1-2,4-5,12-14,17H,3,6-11H2. The molecule has 2 saturated heterocycles. The number of hydrogen-bond donors (Lipinski definition) is 0. The fourth-order valence-electron chi connectivity index (χ4n) is 3.97. The Kier molecular flexibility index (Phi) is 4.48. The summed E-state index contributed by atoms with van der Waals surface area (Å²) < 4.78 is 16.0. The molecule has 1 unspecified atom stereocenters. The molecule has 0 N–H and O–H groups in total. The largest absolute Gasteiger partial charge is 0.308 e. The summed E-state index contributed by atoms with van der Waals surface area (Å²) >= 11 is 0. The first-order valence-corrected chi connectivity index (χ1v) is 8.88. The fourth-order valence-corrected chi connectivity index (χ4v) is 3.97. The Labute approximate surface area is 146 Å². The van der Waals surface area contributed by atoms with Gasteiger partial charge in [0.2, 0.25) is 5.91 Å². The third-order valence-corrected chi connectivity index (χ3v) is 5.30. The number of rotatable bonds is 3. The third-order valence-electron chi connectivity index (χ3n) is 5.30. The molecule has 0 radical (unpaired) electrons. The Hall–Kier alpha value is -2.28. The predicted molar refractivity (Wildman–Crippen MR) is 91.6 cm³/mol. The summed E-state index contributed by atoms with van der Waals surface area (Å²) in [5.41, 5.74) is 0.398. The van der Waals surface area contributed by atoms with Crippen molar-refractivity contribution >= 4 is 11.6 Å². The number of hydrogen-bond acceptors (Lipinski definition) is 4. The molecule has 0 saturated carbocycles. The Morgan fingerprint density at radius 3 is 2.60 bits per heavy atom. The Balaban J connectivity index is 1.44. The van der Waals surface area contributed by atoms with Crippen molar-refractivity contribution < 1.29 is 9.18 Å². The van der Waals surface area contributed by atoms with Gasteiger partial charge in [-0.25, -0.2) is 14.1 Å². The maximum atomic E-state index is 14.1. The molecule has 6 nitrogen and oxygen atoms in total. The second-order valence-corrected chi connectivity index (χ2v) is 6.74. The number of amides is 1. The Morgan fingerprint density at radius 2 is 1.88 bits per heavy atom. The third kappa shape index (κ3) is 3.16. The molecule has 1 amide bonds. The predicted octanol–water partition coefficient (Wildman–Crippen LogP) is 2.25. The number of piperidine rings is 2. The maximum Gasteiger partial charge on any atom is 0.244 e. The van der Waals surface area contributed by atoms with Crippen molar-refractivity contribution in [2.45, 2.75) is 37.8 Å². The molecule has 0 spiro atoms. The van der Waals surface area contributed by atoms with Crippen molar-refractivity contribution in [2.75, 3.05) is 24.5 Å². The summed E-state index contributed by atoms with van der Waals surface area (Å²) in [6, 6.07) is 6.73. The lowest BCUT2D eigenvalue weighted by atomic mass is 9.97. The molecule has 3 heterocycles. The van der Waals surface area contributed by atoms with Crippen LogP contribution in [0.3, 0.4) is 0 Å². The van der Waals surface area contributed by atoms with Crippen LogP contribution in [-0.2, 0) is 4.79 Å². The van der Waals surface area contributed by atoms with Crippen LogP contribution in [-0.4, -0.2) is 51.2 Å². The molecular formula is C18H22FN5O. The van der Waals surface area contributed by atoms with Gasteiger partial charge in [0.25, 0.3) is 0 Å². The maximum absolute atomic E-state index is 14.1. The molecule has 2 fully saturated rings. The topological polar surface area (TPSA) is 54.3 Å². The van der Waals surface area contributed by atoms with Crippen LogP contribution in [0.15, 0.2) is 36.9 Å².